The molecule has 0 atom stereocenters. The molecule has 0 saturated carbocycles. The monoisotopic (exact) mass is 455 g/mol. The van der Waals surface area contributed by atoms with Gasteiger partial charge < -0.3 is 10.2 Å². The molecule has 0 aliphatic carbocycles. The van der Waals surface area contributed by atoms with E-state index in [1.54, 1.807) is 0 Å². The van der Waals surface area contributed by atoms with Gasteiger partial charge in [0.05, 0.1) is 0 Å². The predicted molar refractivity (Wildman–Crippen MR) is 129 cm³/mol. The first-order valence-corrected chi connectivity index (χ1v) is 12.0. The minimum Gasteiger partial charge on any atom is -0.348 e. The summed E-state index contributed by atoms with van der Waals surface area (Å²) in [5, 5.41) is 3.61. The van der Waals surface area contributed by atoms with Crippen LogP contribution in [-0.2, 0) is 17.9 Å². The molecule has 4 rings (SSSR count). The standard InChI is InChI=1S/C23H29N5O3S/c1-4-10-27-21(30)19-20(25-22(32-19)26-11-6-5-7-12-26)28(23(27)31)14-18(29)24-17-9-8-15(2)16(3)13-17/h8-9,13H,4-7,10-12,14H2,1-3H3,(H,24,29). The van der Waals surface area contributed by atoms with Crippen LogP contribution in [0.2, 0.25) is 0 Å². The zero-order chi connectivity index (χ0) is 22.8. The third-order valence-corrected chi connectivity index (χ3v) is 7.01. The van der Waals surface area contributed by atoms with Crippen LogP contribution in [0.1, 0.15) is 43.7 Å². The van der Waals surface area contributed by atoms with Crippen molar-refractivity contribution in [3.8, 4) is 0 Å². The summed E-state index contributed by atoms with van der Waals surface area (Å²) in [6.45, 7) is 7.80. The average molecular weight is 456 g/mol. The van der Waals surface area contributed by atoms with Crippen LogP contribution in [0.4, 0.5) is 10.8 Å². The van der Waals surface area contributed by atoms with Crippen molar-refractivity contribution in [3.05, 3.63) is 50.2 Å². The van der Waals surface area contributed by atoms with Gasteiger partial charge in [-0.15, -0.1) is 0 Å². The highest BCUT2D eigenvalue weighted by Crippen LogP contribution is 2.28. The summed E-state index contributed by atoms with van der Waals surface area (Å²) in [7, 11) is 0. The number of amides is 1. The molecular formula is C23H29N5O3S. The second kappa shape index (κ2) is 9.28. The van der Waals surface area contributed by atoms with Crippen molar-refractivity contribution < 1.29 is 4.79 Å². The van der Waals surface area contributed by atoms with Gasteiger partial charge in [0, 0.05) is 25.3 Å². The number of nitrogens with one attached hydrogen (secondary N) is 1. The fraction of sp³-hybridized carbons (Fsp3) is 0.478. The molecule has 0 bridgehead atoms. The van der Waals surface area contributed by atoms with Gasteiger partial charge in [-0.3, -0.25) is 18.7 Å². The summed E-state index contributed by atoms with van der Waals surface area (Å²) in [6.07, 6.45) is 4.00. The summed E-state index contributed by atoms with van der Waals surface area (Å²) in [6, 6.07) is 5.69. The number of hydrogen-bond acceptors (Lipinski definition) is 6. The second-order valence-corrected chi connectivity index (χ2v) is 9.35. The Labute approximate surface area is 190 Å². The van der Waals surface area contributed by atoms with Crippen molar-refractivity contribution >= 4 is 38.4 Å². The number of aromatic nitrogens is 3. The maximum atomic E-state index is 13.2. The number of aryl methyl sites for hydroxylation is 2. The number of nitrogens with zero attached hydrogens (tertiary/aromatic N) is 4. The van der Waals surface area contributed by atoms with Gasteiger partial charge in [-0.25, -0.2) is 9.78 Å². The minimum absolute atomic E-state index is 0.199. The van der Waals surface area contributed by atoms with Crippen LogP contribution in [0, 0.1) is 13.8 Å². The van der Waals surface area contributed by atoms with E-state index in [4.69, 9.17) is 0 Å². The molecule has 8 nitrogen and oxygen atoms in total. The fourth-order valence-electron chi connectivity index (χ4n) is 4.02. The first-order valence-electron chi connectivity index (χ1n) is 11.1. The van der Waals surface area contributed by atoms with Gasteiger partial charge in [0.1, 0.15) is 11.2 Å². The van der Waals surface area contributed by atoms with Gasteiger partial charge >= 0.3 is 5.69 Å². The van der Waals surface area contributed by atoms with E-state index in [9.17, 15) is 14.4 Å². The summed E-state index contributed by atoms with van der Waals surface area (Å²) in [4.78, 5) is 45.9. The lowest BCUT2D eigenvalue weighted by atomic mass is 10.1. The molecule has 3 heterocycles. The van der Waals surface area contributed by atoms with Crippen molar-refractivity contribution in [2.24, 2.45) is 0 Å². The van der Waals surface area contributed by atoms with Crippen LogP contribution in [0.25, 0.3) is 10.3 Å². The molecule has 9 heteroatoms. The van der Waals surface area contributed by atoms with Gasteiger partial charge in [0.15, 0.2) is 10.8 Å². The van der Waals surface area contributed by atoms with Gasteiger partial charge in [-0.1, -0.05) is 24.3 Å². The van der Waals surface area contributed by atoms with E-state index in [2.05, 4.69) is 15.2 Å². The van der Waals surface area contributed by atoms with Crippen LogP contribution in [0.15, 0.2) is 27.8 Å². The average Bonchev–Trinajstić information content (AvgIpc) is 3.23. The molecule has 0 spiro atoms. The molecule has 1 amide bonds. The Morgan fingerprint density at radius 3 is 2.53 bits per heavy atom. The normalized spacial score (nSPS) is 14.2. The molecule has 1 saturated heterocycles. The van der Waals surface area contributed by atoms with Gasteiger partial charge in [-0.2, -0.15) is 0 Å². The molecule has 1 fully saturated rings. The first-order chi connectivity index (χ1) is 15.4. The lowest BCUT2D eigenvalue weighted by molar-refractivity contribution is -0.116. The van der Waals surface area contributed by atoms with Crippen molar-refractivity contribution in [2.75, 3.05) is 23.3 Å². The smallest absolute Gasteiger partial charge is 0.333 e. The Balaban J connectivity index is 1.73. The number of thiazole rings is 1. The van der Waals surface area contributed by atoms with Gasteiger partial charge in [0.25, 0.3) is 5.56 Å². The number of fused-ring (bicyclic) bond motifs is 1. The molecule has 1 aliphatic rings. The number of piperidine rings is 1. The first kappa shape index (κ1) is 22.3. The molecule has 170 valence electrons. The molecule has 0 radical (unpaired) electrons. The number of carbonyl (C=O) groups is 1. The highest BCUT2D eigenvalue weighted by molar-refractivity contribution is 7.22. The Morgan fingerprint density at radius 1 is 1.09 bits per heavy atom. The van der Waals surface area contributed by atoms with Crippen LogP contribution in [-0.4, -0.2) is 33.1 Å². The lowest BCUT2D eigenvalue weighted by Gasteiger charge is -2.25. The Bertz CT molecular complexity index is 1270. The minimum atomic E-state index is -0.491. The molecule has 2 aromatic heterocycles. The Hall–Kier alpha value is -2.94. The summed E-state index contributed by atoms with van der Waals surface area (Å²) in [5.41, 5.74) is 2.38. The maximum Gasteiger partial charge on any atom is 0.333 e. The summed E-state index contributed by atoms with van der Waals surface area (Å²) in [5.74, 6) is -0.328. The van der Waals surface area contributed by atoms with E-state index >= 15 is 0 Å². The summed E-state index contributed by atoms with van der Waals surface area (Å²) >= 11 is 1.32. The highest BCUT2D eigenvalue weighted by Gasteiger charge is 2.22. The van der Waals surface area contributed by atoms with Crippen LogP contribution in [0.3, 0.4) is 0 Å². The molecule has 0 unspecified atom stereocenters. The second-order valence-electron chi connectivity index (χ2n) is 8.37. The van der Waals surface area contributed by atoms with Crippen LogP contribution >= 0.6 is 11.3 Å². The molecule has 1 aromatic carbocycles. The van der Waals surface area contributed by atoms with E-state index in [1.807, 2.05) is 39.0 Å². The van der Waals surface area contributed by atoms with E-state index in [0.29, 0.717) is 29.0 Å². The van der Waals surface area contributed by atoms with Crippen LogP contribution < -0.4 is 21.5 Å². The Kier molecular flexibility index (Phi) is 6.45. The van der Waals surface area contributed by atoms with Crippen molar-refractivity contribution in [3.63, 3.8) is 0 Å². The number of hydrogen-bond donors (Lipinski definition) is 1. The predicted octanol–water partition coefficient (Wildman–Crippen LogP) is 3.28. The quantitative estimate of drug-likeness (QED) is 0.616. The van der Waals surface area contributed by atoms with E-state index in [1.165, 1.54) is 26.9 Å². The zero-order valence-corrected chi connectivity index (χ0v) is 19.6. The number of rotatable bonds is 6. The van der Waals surface area contributed by atoms with E-state index in [0.717, 1.165) is 42.2 Å². The Morgan fingerprint density at radius 2 is 1.84 bits per heavy atom. The molecule has 1 N–H and O–H groups in total. The van der Waals surface area contributed by atoms with Crippen LogP contribution in [0.5, 0.6) is 0 Å². The number of carbonyl (C=O) groups excluding carboxylic acids is 1. The van der Waals surface area contributed by atoms with Crippen molar-refractivity contribution in [2.45, 2.75) is 59.5 Å². The van der Waals surface area contributed by atoms with Crippen molar-refractivity contribution in [1.29, 1.82) is 0 Å². The molecular weight excluding hydrogens is 426 g/mol. The zero-order valence-electron chi connectivity index (χ0n) is 18.8. The van der Waals surface area contributed by atoms with Gasteiger partial charge in [0.2, 0.25) is 5.91 Å². The fourth-order valence-corrected chi connectivity index (χ4v) is 5.09. The van der Waals surface area contributed by atoms with Gasteiger partial charge in [-0.05, 0) is 62.8 Å². The largest absolute Gasteiger partial charge is 0.348 e. The van der Waals surface area contributed by atoms with E-state index in [-0.39, 0.29) is 18.0 Å². The highest BCUT2D eigenvalue weighted by atomic mass is 32.1. The SMILES string of the molecule is CCCn1c(=O)c2sc(N3CCCCC3)nc2n(CC(=O)Nc2ccc(C)c(C)c2)c1=O. The molecule has 1 aliphatic heterocycles. The maximum absolute atomic E-state index is 13.2. The molecule has 32 heavy (non-hydrogen) atoms. The third kappa shape index (κ3) is 4.34. The molecule has 3 aromatic rings. The van der Waals surface area contributed by atoms with E-state index < -0.39 is 5.69 Å². The lowest BCUT2D eigenvalue weighted by Crippen LogP contribution is -2.41. The number of benzene rings is 1. The van der Waals surface area contributed by atoms with Crippen molar-refractivity contribution in [1.82, 2.24) is 14.1 Å². The topological polar surface area (TPSA) is 89.2 Å². The third-order valence-electron chi connectivity index (χ3n) is 5.92. The number of anilines is 2. The summed E-state index contributed by atoms with van der Waals surface area (Å²) < 4.78 is 2.99.